The van der Waals surface area contributed by atoms with Gasteiger partial charge in [0.25, 0.3) is 5.97 Å². The number of benzene rings is 3. The minimum atomic E-state index is -2.84. The molecule has 3 aromatic rings. The third-order valence-corrected chi connectivity index (χ3v) is 7.91. The fourth-order valence-corrected chi connectivity index (χ4v) is 6.68. The van der Waals surface area contributed by atoms with Crippen molar-refractivity contribution < 1.29 is 54.6 Å². The number of carbonyl (C=O) groups excluding carboxylic acids is 2. The first kappa shape index (κ1) is 39.7. The van der Waals surface area contributed by atoms with Crippen molar-refractivity contribution in [2.45, 2.75) is 13.8 Å². The predicted octanol–water partition coefficient (Wildman–Crippen LogP) is 2.06. The van der Waals surface area contributed by atoms with Crippen LogP contribution < -0.4 is 15.9 Å². The van der Waals surface area contributed by atoms with Gasteiger partial charge in [-0.1, -0.05) is 0 Å². The summed E-state index contributed by atoms with van der Waals surface area (Å²) in [5.74, 6) is -1.09. The monoisotopic (exact) mass is 815 g/mol. The van der Waals surface area contributed by atoms with E-state index in [0.29, 0.717) is 0 Å². The van der Waals surface area contributed by atoms with Crippen LogP contribution in [0.1, 0.15) is 13.8 Å². The number of carboxylic acid groups (broad SMARTS) is 1. The summed E-state index contributed by atoms with van der Waals surface area (Å²) in [6.45, 7) is 3.30. The van der Waals surface area contributed by atoms with Gasteiger partial charge in [0, 0.05) is 165 Å². The van der Waals surface area contributed by atoms with E-state index >= 15 is 0 Å². The van der Waals surface area contributed by atoms with Crippen LogP contribution in [0.2, 0.25) is 0 Å². The Morgan fingerprint density at radius 3 is 1.15 bits per heavy atom. The third-order valence-electron chi connectivity index (χ3n) is 3.88. The molecule has 0 bridgehead atoms. The zero-order valence-corrected chi connectivity index (χ0v) is 34.5. The van der Waals surface area contributed by atoms with E-state index in [2.05, 4.69) is 41.3 Å². The first-order chi connectivity index (χ1) is 14.9. The number of carboxylic acids is 1. The molecule has 0 aromatic heterocycles. The van der Waals surface area contributed by atoms with Gasteiger partial charge in [0.05, 0.1) is 0 Å². The summed E-state index contributed by atoms with van der Waals surface area (Å²) in [6, 6.07) is 30.2. The molecule has 0 heterocycles. The van der Waals surface area contributed by atoms with Gasteiger partial charge in [-0.15, -0.1) is 0 Å². The molecule has 0 amide bonds. The second-order valence-corrected chi connectivity index (χ2v) is 9.37. The number of hydrogen-bond acceptors (Lipinski definition) is 6. The largest absolute Gasteiger partial charge is 0.509 e. The Morgan fingerprint density at radius 2 is 0.971 bits per heavy atom. The van der Waals surface area contributed by atoms with Crippen molar-refractivity contribution in [2.24, 2.45) is 0 Å². The molecule has 3 aromatic carbocycles. The minimum Gasteiger partial charge on any atom is -0.509 e. The molecule has 0 unspecified atom stereocenters. The van der Waals surface area contributed by atoms with Gasteiger partial charge in [-0.3, -0.25) is 4.79 Å². The van der Waals surface area contributed by atoms with Crippen molar-refractivity contribution in [2.75, 3.05) is 0 Å². The fourth-order valence-electron chi connectivity index (χ4n) is 2.91. The van der Waals surface area contributed by atoms with Gasteiger partial charge in [-0.05, 0) is 6.47 Å². The molecule has 34 heavy (non-hydrogen) atoms. The maximum Gasteiger partial charge on any atom is 0 e. The molecule has 2 N–H and O–H groups in total. The fraction of sp³-hybridized carbons (Fsp3) is 0.0870. The second-order valence-electron chi connectivity index (χ2n) is 6.07. The van der Waals surface area contributed by atoms with E-state index in [0.717, 1.165) is 29.3 Å². The van der Waals surface area contributed by atoms with Crippen molar-refractivity contribution in [3.63, 3.8) is 0 Å². The summed E-state index contributed by atoms with van der Waals surface area (Å²) in [5, 5.41) is 17.6. The Kier molecular flexibility index (Phi) is 27.3. The Bertz CT molecular complexity index is 849. The summed E-state index contributed by atoms with van der Waals surface area (Å²) in [7, 11) is -2.84. The zero-order chi connectivity index (χ0) is 23.1. The first-order valence-electron chi connectivity index (χ1n) is 9.11. The quantitative estimate of drug-likeness (QED) is 0.134. The van der Waals surface area contributed by atoms with Crippen molar-refractivity contribution in [1.29, 1.82) is 0 Å². The predicted molar refractivity (Wildman–Crippen MR) is 133 cm³/mol. The Labute approximate surface area is 331 Å². The molecule has 11 heteroatoms. The number of carbonyl (C=O) groups is 2. The zero-order valence-electron chi connectivity index (χ0n) is 19.4. The van der Waals surface area contributed by atoms with E-state index < -0.39 is 13.5 Å². The number of hydrogen-bond donors (Lipinski definition) is 2. The average molecular weight is 816 g/mol. The van der Waals surface area contributed by atoms with Gasteiger partial charge >= 0.3 is 137 Å². The molecule has 0 aliphatic heterocycles. The SMILES string of the molecule is CC(=O)O.CC(=O)O[PH](c1ccccc1)(c1ccccc1)c1ccccc1.O=[C-]OO.[Cs].[Cs].[Pd]. The molecule has 0 fully saturated rings. The van der Waals surface area contributed by atoms with Crippen LogP contribution >= 0.6 is 7.49 Å². The van der Waals surface area contributed by atoms with Crippen molar-refractivity contribution in [3.05, 3.63) is 91.0 Å². The van der Waals surface area contributed by atoms with E-state index in [9.17, 15) is 4.79 Å². The van der Waals surface area contributed by atoms with Gasteiger partial charge in [-0.25, -0.2) is 5.26 Å². The second kappa shape index (κ2) is 23.4. The average Bonchev–Trinajstić information content (AvgIpc) is 2.79. The molecule has 0 spiro atoms. The van der Waals surface area contributed by atoms with Crippen LogP contribution in [-0.4, -0.2) is 167 Å². The van der Waals surface area contributed by atoms with E-state index in [1.807, 2.05) is 54.6 Å². The van der Waals surface area contributed by atoms with Gasteiger partial charge in [0.2, 0.25) is 0 Å². The molecule has 176 valence electrons. The molecule has 7 nitrogen and oxygen atoms in total. The maximum atomic E-state index is 12.0. The first-order valence-corrected chi connectivity index (χ1v) is 11.0. The van der Waals surface area contributed by atoms with Gasteiger partial charge < -0.3 is 14.8 Å². The minimum absolute atomic E-state index is 0. The van der Waals surface area contributed by atoms with Gasteiger partial charge in [0.15, 0.2) is 0 Å². The van der Waals surface area contributed by atoms with Crippen molar-refractivity contribution in [3.8, 4) is 0 Å². The van der Waals surface area contributed by atoms with Crippen LogP contribution in [-0.2, 0) is 44.2 Å². The van der Waals surface area contributed by atoms with Crippen LogP contribution in [0.3, 0.4) is 0 Å². The molecule has 3 rings (SSSR count). The standard InChI is InChI=1S/C20H19O2P.C2H4O2.CHO3.2Cs.Pd/c1-17(21)22-23(18-11-5-2-6-12-18,19-13-7-3-8-14-19)20-15-9-4-10-16-20;1-2(3)4;2-1-4-3;;;/h2-16,23H,1H3;1H3,(H,3,4);3H;;;/q;;-1;;;. The summed E-state index contributed by atoms with van der Waals surface area (Å²) < 4.78 is 6.10. The molecule has 2 radical (unpaired) electrons. The third kappa shape index (κ3) is 14.2. The van der Waals surface area contributed by atoms with E-state index in [1.165, 1.54) is 6.92 Å². The molecule has 0 atom stereocenters. The van der Waals surface area contributed by atoms with Crippen molar-refractivity contribution in [1.82, 2.24) is 0 Å². The molecule has 0 aliphatic carbocycles. The Hall–Kier alpha value is 1.23. The molecular formula is C23H24Cs2O7PPd-. The van der Waals surface area contributed by atoms with Gasteiger partial charge in [-0.2, -0.15) is 0 Å². The Balaban J connectivity index is -0.000000767. The topological polar surface area (TPSA) is 110 Å². The normalized spacial score (nSPS) is 9.26. The smallest absolute Gasteiger partial charge is 0 e. The van der Waals surface area contributed by atoms with Crippen LogP contribution in [0.4, 0.5) is 0 Å². The van der Waals surface area contributed by atoms with Crippen LogP contribution in [0.25, 0.3) is 0 Å². The molecular weight excluding hydrogens is 791 g/mol. The summed E-state index contributed by atoms with van der Waals surface area (Å²) in [4.78, 5) is 32.3. The van der Waals surface area contributed by atoms with E-state index in [4.69, 9.17) is 24.5 Å². The molecule has 0 saturated heterocycles. The van der Waals surface area contributed by atoms with Crippen LogP contribution in [0.5, 0.6) is 0 Å². The maximum absolute atomic E-state index is 12.0. The summed E-state index contributed by atoms with van der Waals surface area (Å²) >= 11 is 0. The van der Waals surface area contributed by atoms with Gasteiger partial charge in [0.1, 0.15) is 0 Å². The van der Waals surface area contributed by atoms with E-state index in [1.54, 1.807) is 0 Å². The van der Waals surface area contributed by atoms with E-state index in [-0.39, 0.29) is 164 Å². The number of rotatable bonds is 5. The number of aliphatic carboxylic acids is 1. The molecule has 0 saturated carbocycles. The molecule has 0 aliphatic rings. The Morgan fingerprint density at radius 1 is 0.735 bits per heavy atom. The van der Waals surface area contributed by atoms with Crippen LogP contribution in [0.15, 0.2) is 91.0 Å². The van der Waals surface area contributed by atoms with Crippen molar-refractivity contribution >= 4 is 180 Å². The summed E-state index contributed by atoms with van der Waals surface area (Å²) in [6.07, 6.45) is 0. The van der Waals surface area contributed by atoms with Crippen LogP contribution in [0, 0.1) is 0 Å². The summed E-state index contributed by atoms with van der Waals surface area (Å²) in [5.41, 5.74) is 0.